The second kappa shape index (κ2) is 9.32. The lowest BCUT2D eigenvalue weighted by Gasteiger charge is -2.24. The van der Waals surface area contributed by atoms with Crippen LogP contribution < -0.4 is 10.6 Å². The molecule has 0 atom stereocenters. The molecular weight excluding hydrogens is 338 g/mol. The standard InChI is InChI=1S/C15H20ClN3O3S/c1-4-19(9-13(20)18-15(21)22-5-2)14(23)17-12-8-6-7-11(16)10(12)3/h6-8H,4-5,9H2,1-3H3,(H,17,23)(H,18,20,21). The van der Waals surface area contributed by atoms with Crippen LogP contribution in [0.4, 0.5) is 10.5 Å². The predicted molar refractivity (Wildman–Crippen MR) is 94.8 cm³/mol. The quantitative estimate of drug-likeness (QED) is 0.789. The molecule has 0 radical (unpaired) electrons. The first-order valence-electron chi connectivity index (χ1n) is 7.16. The van der Waals surface area contributed by atoms with Gasteiger partial charge in [-0.05, 0) is 50.7 Å². The van der Waals surface area contributed by atoms with E-state index >= 15 is 0 Å². The molecule has 1 aromatic rings. The summed E-state index contributed by atoms with van der Waals surface area (Å²) in [6, 6.07) is 5.44. The molecule has 2 N–H and O–H groups in total. The fourth-order valence-corrected chi connectivity index (χ4v) is 2.24. The normalized spacial score (nSPS) is 9.91. The Balaban J connectivity index is 2.66. The Hall–Kier alpha value is -1.86. The summed E-state index contributed by atoms with van der Waals surface area (Å²) in [5.41, 5.74) is 1.63. The summed E-state index contributed by atoms with van der Waals surface area (Å²) in [6.45, 7) is 6.04. The number of amides is 2. The number of imide groups is 1. The van der Waals surface area contributed by atoms with Gasteiger partial charge >= 0.3 is 6.09 Å². The van der Waals surface area contributed by atoms with Gasteiger partial charge in [0.1, 0.15) is 0 Å². The van der Waals surface area contributed by atoms with Crippen molar-refractivity contribution in [1.82, 2.24) is 10.2 Å². The summed E-state index contributed by atoms with van der Waals surface area (Å²) in [6.07, 6.45) is -0.766. The molecule has 126 valence electrons. The van der Waals surface area contributed by atoms with Crippen molar-refractivity contribution in [2.45, 2.75) is 20.8 Å². The SMILES string of the molecule is CCOC(=O)NC(=O)CN(CC)C(=S)Nc1cccc(Cl)c1C. The first-order chi connectivity index (χ1) is 10.9. The molecule has 0 aliphatic heterocycles. The van der Waals surface area contributed by atoms with Crippen molar-refractivity contribution < 1.29 is 14.3 Å². The van der Waals surface area contributed by atoms with Gasteiger partial charge in [0, 0.05) is 17.3 Å². The highest BCUT2D eigenvalue weighted by Crippen LogP contribution is 2.23. The van der Waals surface area contributed by atoms with Crippen LogP contribution in [0.15, 0.2) is 18.2 Å². The van der Waals surface area contributed by atoms with Gasteiger partial charge in [-0.1, -0.05) is 17.7 Å². The number of halogens is 1. The van der Waals surface area contributed by atoms with E-state index in [9.17, 15) is 9.59 Å². The fourth-order valence-electron chi connectivity index (χ4n) is 1.76. The van der Waals surface area contributed by atoms with E-state index in [0.29, 0.717) is 16.7 Å². The zero-order valence-electron chi connectivity index (χ0n) is 13.3. The molecule has 0 aliphatic carbocycles. The monoisotopic (exact) mass is 357 g/mol. The predicted octanol–water partition coefficient (Wildman–Crippen LogP) is 2.94. The molecular formula is C15H20ClN3O3S. The van der Waals surface area contributed by atoms with E-state index in [1.165, 1.54) is 0 Å². The highest BCUT2D eigenvalue weighted by Gasteiger charge is 2.16. The maximum Gasteiger partial charge on any atom is 0.413 e. The number of nitrogens with one attached hydrogen (secondary N) is 2. The first kappa shape index (κ1) is 19.2. The molecule has 0 spiro atoms. The van der Waals surface area contributed by atoms with E-state index in [0.717, 1.165) is 11.3 Å². The Kier molecular flexibility index (Phi) is 7.77. The van der Waals surface area contributed by atoms with Gasteiger partial charge in [-0.2, -0.15) is 0 Å². The number of anilines is 1. The summed E-state index contributed by atoms with van der Waals surface area (Å²) in [7, 11) is 0. The molecule has 0 saturated heterocycles. The minimum Gasteiger partial charge on any atom is -0.450 e. The number of nitrogens with zero attached hydrogens (tertiary/aromatic N) is 1. The second-order valence-corrected chi connectivity index (χ2v) is 5.42. The van der Waals surface area contributed by atoms with Gasteiger partial charge in [0.05, 0.1) is 13.2 Å². The molecule has 1 aromatic carbocycles. The van der Waals surface area contributed by atoms with Crippen LogP contribution in [0.5, 0.6) is 0 Å². The topological polar surface area (TPSA) is 70.7 Å². The molecule has 1 rings (SSSR count). The van der Waals surface area contributed by atoms with E-state index < -0.39 is 12.0 Å². The molecule has 0 bridgehead atoms. The smallest absolute Gasteiger partial charge is 0.413 e. The third kappa shape index (κ3) is 6.03. The number of rotatable bonds is 5. The van der Waals surface area contributed by atoms with Gasteiger partial charge in [0.2, 0.25) is 5.91 Å². The fraction of sp³-hybridized carbons (Fsp3) is 0.400. The van der Waals surface area contributed by atoms with Crippen LogP contribution in [0.25, 0.3) is 0 Å². The van der Waals surface area contributed by atoms with Gasteiger partial charge in [0.25, 0.3) is 0 Å². The Morgan fingerprint density at radius 1 is 1.35 bits per heavy atom. The lowest BCUT2D eigenvalue weighted by Crippen LogP contribution is -2.44. The van der Waals surface area contributed by atoms with Crippen LogP contribution in [0.2, 0.25) is 5.02 Å². The summed E-state index contributed by atoms with van der Waals surface area (Å²) < 4.78 is 4.66. The second-order valence-electron chi connectivity index (χ2n) is 4.63. The molecule has 0 heterocycles. The highest BCUT2D eigenvalue weighted by molar-refractivity contribution is 7.80. The first-order valence-corrected chi connectivity index (χ1v) is 7.95. The molecule has 0 aromatic heterocycles. The molecule has 0 unspecified atom stereocenters. The van der Waals surface area contributed by atoms with Gasteiger partial charge in [-0.15, -0.1) is 0 Å². The number of alkyl carbamates (subject to hydrolysis) is 1. The zero-order chi connectivity index (χ0) is 17.4. The highest BCUT2D eigenvalue weighted by atomic mass is 35.5. The molecule has 23 heavy (non-hydrogen) atoms. The Morgan fingerprint density at radius 3 is 2.65 bits per heavy atom. The number of likely N-dealkylation sites (N-methyl/N-ethyl adjacent to an activating group) is 1. The van der Waals surface area contributed by atoms with Crippen molar-refractivity contribution in [3.05, 3.63) is 28.8 Å². The third-order valence-electron chi connectivity index (χ3n) is 3.03. The van der Waals surface area contributed by atoms with Crippen LogP contribution in [0.1, 0.15) is 19.4 Å². The number of carbonyl (C=O) groups excluding carboxylic acids is 2. The number of hydrogen-bond donors (Lipinski definition) is 2. The maximum absolute atomic E-state index is 11.8. The Labute approximate surface area is 146 Å². The van der Waals surface area contributed by atoms with Gasteiger partial charge < -0.3 is 15.0 Å². The summed E-state index contributed by atoms with van der Waals surface area (Å²) in [5.74, 6) is -0.489. The van der Waals surface area contributed by atoms with Crippen molar-refractivity contribution in [2.75, 3.05) is 25.0 Å². The zero-order valence-corrected chi connectivity index (χ0v) is 14.9. The van der Waals surface area contributed by atoms with Gasteiger partial charge in [-0.25, -0.2) is 4.79 Å². The Morgan fingerprint density at radius 2 is 2.04 bits per heavy atom. The van der Waals surface area contributed by atoms with Crippen molar-refractivity contribution in [3.63, 3.8) is 0 Å². The van der Waals surface area contributed by atoms with E-state index in [1.54, 1.807) is 17.9 Å². The number of thiocarbonyl (C=S) groups is 1. The average molecular weight is 358 g/mol. The molecule has 0 fully saturated rings. The average Bonchev–Trinajstić information content (AvgIpc) is 2.49. The van der Waals surface area contributed by atoms with Gasteiger partial charge in [0.15, 0.2) is 5.11 Å². The van der Waals surface area contributed by atoms with Crippen LogP contribution in [0.3, 0.4) is 0 Å². The minimum absolute atomic E-state index is 0.0548. The van der Waals surface area contributed by atoms with Gasteiger partial charge in [-0.3, -0.25) is 10.1 Å². The molecule has 8 heteroatoms. The lowest BCUT2D eigenvalue weighted by atomic mass is 10.2. The maximum atomic E-state index is 11.8. The summed E-state index contributed by atoms with van der Waals surface area (Å²) >= 11 is 11.4. The minimum atomic E-state index is -0.766. The number of carbonyl (C=O) groups is 2. The molecule has 6 nitrogen and oxygen atoms in total. The number of ether oxygens (including phenoxy) is 1. The van der Waals surface area contributed by atoms with E-state index in [-0.39, 0.29) is 13.2 Å². The van der Waals surface area contributed by atoms with Crippen molar-refractivity contribution in [2.24, 2.45) is 0 Å². The molecule has 2 amide bonds. The largest absolute Gasteiger partial charge is 0.450 e. The van der Waals surface area contributed by atoms with Crippen LogP contribution >= 0.6 is 23.8 Å². The van der Waals surface area contributed by atoms with Crippen LogP contribution in [0, 0.1) is 6.92 Å². The van der Waals surface area contributed by atoms with Crippen LogP contribution in [-0.4, -0.2) is 41.7 Å². The number of hydrogen-bond acceptors (Lipinski definition) is 4. The van der Waals surface area contributed by atoms with E-state index in [2.05, 4.69) is 15.4 Å². The van der Waals surface area contributed by atoms with Crippen molar-refractivity contribution >= 4 is 46.6 Å². The van der Waals surface area contributed by atoms with Crippen LogP contribution in [-0.2, 0) is 9.53 Å². The van der Waals surface area contributed by atoms with Crippen molar-refractivity contribution in [3.8, 4) is 0 Å². The number of benzene rings is 1. The molecule has 0 aliphatic rings. The van der Waals surface area contributed by atoms with Crippen molar-refractivity contribution in [1.29, 1.82) is 0 Å². The molecule has 0 saturated carbocycles. The lowest BCUT2D eigenvalue weighted by molar-refractivity contribution is -0.120. The summed E-state index contributed by atoms with van der Waals surface area (Å²) in [5, 5.41) is 6.20. The third-order valence-corrected chi connectivity index (χ3v) is 3.80. The summed E-state index contributed by atoms with van der Waals surface area (Å²) in [4.78, 5) is 24.7. The Bertz CT molecular complexity index is 595. The van der Waals surface area contributed by atoms with E-state index in [1.807, 2.05) is 26.0 Å². The van der Waals surface area contributed by atoms with E-state index in [4.69, 9.17) is 23.8 Å².